The average Bonchev–Trinajstić information content (AvgIpc) is 3.19. The molecule has 5 rings (SSSR count). The Bertz CT molecular complexity index is 1090. The van der Waals surface area contributed by atoms with E-state index in [0.717, 1.165) is 50.5 Å². The molecule has 0 unspecified atom stereocenters. The molecule has 2 fully saturated rings. The van der Waals surface area contributed by atoms with Crippen LogP contribution in [-0.4, -0.2) is 64.0 Å². The third kappa shape index (κ3) is 4.30. The Kier molecular flexibility index (Phi) is 5.40. The Morgan fingerprint density at radius 2 is 1.65 bits per heavy atom. The third-order valence-corrected chi connectivity index (χ3v) is 6.07. The van der Waals surface area contributed by atoms with Crippen LogP contribution < -0.4 is 10.2 Å². The smallest absolute Gasteiger partial charge is 0.228 e. The predicted molar refractivity (Wildman–Crippen MR) is 120 cm³/mol. The van der Waals surface area contributed by atoms with Crippen LogP contribution in [0.5, 0.6) is 0 Å². The fourth-order valence-corrected chi connectivity index (χ4v) is 4.35. The molecule has 0 saturated carbocycles. The molecule has 3 aromatic rings. The second-order valence-corrected chi connectivity index (χ2v) is 8.23. The molecule has 2 aromatic heterocycles. The maximum atomic E-state index is 11.5. The maximum Gasteiger partial charge on any atom is 0.228 e. The van der Waals surface area contributed by atoms with Gasteiger partial charge in [-0.2, -0.15) is 5.10 Å². The van der Waals surface area contributed by atoms with Gasteiger partial charge in [-0.25, -0.2) is 4.52 Å². The van der Waals surface area contributed by atoms with Crippen LogP contribution in [0.15, 0.2) is 54.9 Å². The fourth-order valence-electron chi connectivity index (χ4n) is 4.35. The molecular formula is C23H27N7O. The highest BCUT2D eigenvalue weighted by Crippen LogP contribution is 2.24. The van der Waals surface area contributed by atoms with Gasteiger partial charge in [-0.05, 0) is 23.3 Å². The zero-order chi connectivity index (χ0) is 21.2. The molecule has 2 aliphatic heterocycles. The van der Waals surface area contributed by atoms with E-state index in [1.165, 1.54) is 11.1 Å². The second-order valence-electron chi connectivity index (χ2n) is 8.23. The van der Waals surface area contributed by atoms with E-state index >= 15 is 0 Å². The summed E-state index contributed by atoms with van der Waals surface area (Å²) in [6.07, 6.45) is 4.13. The van der Waals surface area contributed by atoms with Crippen LogP contribution in [0, 0.1) is 5.41 Å². The summed E-state index contributed by atoms with van der Waals surface area (Å²) in [4.78, 5) is 18.4. The Labute approximate surface area is 181 Å². The Morgan fingerprint density at radius 1 is 0.935 bits per heavy atom. The summed E-state index contributed by atoms with van der Waals surface area (Å²) in [5.74, 6) is 0.0101. The molecule has 2 saturated heterocycles. The highest BCUT2D eigenvalue weighted by molar-refractivity contribution is 6.08. The van der Waals surface area contributed by atoms with Crippen LogP contribution in [0.3, 0.4) is 0 Å². The van der Waals surface area contributed by atoms with E-state index in [4.69, 9.17) is 5.41 Å². The van der Waals surface area contributed by atoms with E-state index in [0.29, 0.717) is 13.0 Å². The number of hydrogen-bond donors (Lipinski definition) is 2. The lowest BCUT2D eigenvalue weighted by Crippen LogP contribution is -2.50. The van der Waals surface area contributed by atoms with Crippen molar-refractivity contribution in [1.29, 1.82) is 5.41 Å². The number of benzene rings is 1. The Morgan fingerprint density at radius 3 is 2.35 bits per heavy atom. The summed E-state index contributed by atoms with van der Waals surface area (Å²) in [7, 11) is 0. The van der Waals surface area contributed by atoms with Gasteiger partial charge in [-0.3, -0.25) is 25.3 Å². The van der Waals surface area contributed by atoms with Crippen LogP contribution in [-0.2, 0) is 17.9 Å². The number of hydrogen-bond acceptors (Lipinski definition) is 5. The summed E-state index contributed by atoms with van der Waals surface area (Å²) in [5.41, 5.74) is 4.42. The van der Waals surface area contributed by atoms with Crippen molar-refractivity contribution in [2.24, 2.45) is 0 Å². The number of piperazine rings is 1. The summed E-state index contributed by atoms with van der Waals surface area (Å²) in [5, 5.41) is 15.2. The van der Waals surface area contributed by atoms with Crippen LogP contribution in [0.1, 0.15) is 17.5 Å². The summed E-state index contributed by atoms with van der Waals surface area (Å²) < 4.78 is 1.83. The first-order chi connectivity index (χ1) is 15.2. The van der Waals surface area contributed by atoms with Crippen molar-refractivity contribution in [3.8, 4) is 0 Å². The number of nitrogens with one attached hydrogen (secondary N) is 2. The lowest BCUT2D eigenvalue weighted by Gasteiger charge is -2.34. The number of carbonyl (C=O) groups is 1. The normalized spacial score (nSPS) is 18.5. The van der Waals surface area contributed by atoms with Gasteiger partial charge >= 0.3 is 0 Å². The molecule has 8 heteroatoms. The second kappa shape index (κ2) is 8.49. The number of rotatable bonds is 5. The standard InChI is InChI=1S/C23H27N7O/c24-23-26-22(31)7-8-29(23)21-15-25-30-9-6-19(14-20(21)30)17-28-12-10-27(11-13-28)16-18-4-2-1-3-5-18/h1-6,9,14-15H,7-8,10-13,16-17H2,(H2,24,26,31). The number of fused-ring (bicyclic) bond motifs is 1. The van der Waals surface area contributed by atoms with Crippen molar-refractivity contribution in [2.45, 2.75) is 19.5 Å². The first kappa shape index (κ1) is 19.7. The molecule has 0 spiro atoms. The molecule has 8 nitrogen and oxygen atoms in total. The zero-order valence-corrected chi connectivity index (χ0v) is 17.5. The van der Waals surface area contributed by atoms with Crippen molar-refractivity contribution in [2.75, 3.05) is 37.6 Å². The van der Waals surface area contributed by atoms with Crippen LogP contribution in [0.25, 0.3) is 5.52 Å². The molecule has 4 heterocycles. The number of amides is 1. The van der Waals surface area contributed by atoms with Crippen molar-refractivity contribution in [3.63, 3.8) is 0 Å². The monoisotopic (exact) mass is 417 g/mol. The largest absolute Gasteiger partial charge is 0.309 e. The minimum atomic E-state index is -0.107. The first-order valence-corrected chi connectivity index (χ1v) is 10.8. The van der Waals surface area contributed by atoms with E-state index in [2.05, 4.69) is 62.7 Å². The SMILES string of the molecule is N=C1NC(=O)CCN1c1cnn2ccc(CN3CCN(Cc4ccccc4)CC3)cc12. The topological polar surface area (TPSA) is 80.0 Å². The average molecular weight is 418 g/mol. The van der Waals surface area contributed by atoms with Crippen molar-refractivity contribution in [3.05, 3.63) is 66.0 Å². The van der Waals surface area contributed by atoms with Crippen molar-refractivity contribution < 1.29 is 4.79 Å². The molecule has 0 radical (unpaired) electrons. The quantitative estimate of drug-likeness (QED) is 0.663. The van der Waals surface area contributed by atoms with Crippen LogP contribution in [0.4, 0.5) is 5.69 Å². The zero-order valence-electron chi connectivity index (χ0n) is 17.5. The summed E-state index contributed by atoms with van der Waals surface area (Å²) in [6.45, 7) is 6.64. The molecule has 2 N–H and O–H groups in total. The van der Waals surface area contributed by atoms with Gasteiger partial charge in [0.2, 0.25) is 11.9 Å². The maximum absolute atomic E-state index is 11.5. The van der Waals surface area contributed by atoms with E-state index in [1.54, 1.807) is 6.20 Å². The van der Waals surface area contributed by atoms with E-state index < -0.39 is 0 Å². The minimum absolute atomic E-state index is 0.107. The number of anilines is 1. The molecule has 2 aliphatic rings. The molecule has 0 bridgehead atoms. The molecule has 0 atom stereocenters. The van der Waals surface area contributed by atoms with Gasteiger partial charge < -0.3 is 4.90 Å². The van der Waals surface area contributed by atoms with Gasteiger partial charge in [-0.1, -0.05) is 30.3 Å². The molecule has 1 amide bonds. The van der Waals surface area contributed by atoms with Gasteiger partial charge in [0.15, 0.2) is 0 Å². The number of guanidine groups is 1. The van der Waals surface area contributed by atoms with Gasteiger partial charge in [-0.15, -0.1) is 0 Å². The number of nitrogens with zero attached hydrogens (tertiary/aromatic N) is 5. The van der Waals surface area contributed by atoms with Gasteiger partial charge in [0.25, 0.3) is 0 Å². The van der Waals surface area contributed by atoms with Crippen molar-refractivity contribution >= 4 is 23.1 Å². The number of aromatic nitrogens is 2. The van der Waals surface area contributed by atoms with Crippen LogP contribution in [0.2, 0.25) is 0 Å². The molecule has 31 heavy (non-hydrogen) atoms. The van der Waals surface area contributed by atoms with E-state index in [1.807, 2.05) is 15.6 Å². The molecule has 1 aromatic carbocycles. The first-order valence-electron chi connectivity index (χ1n) is 10.8. The molecule has 160 valence electrons. The van der Waals surface area contributed by atoms with E-state index in [9.17, 15) is 4.79 Å². The molecule has 0 aliphatic carbocycles. The lowest BCUT2D eigenvalue weighted by atomic mass is 10.1. The Hall–Kier alpha value is -3.23. The van der Waals surface area contributed by atoms with Crippen molar-refractivity contribution in [1.82, 2.24) is 24.7 Å². The summed E-state index contributed by atoms with van der Waals surface area (Å²) in [6, 6.07) is 14.9. The lowest BCUT2D eigenvalue weighted by molar-refractivity contribution is -0.119. The summed E-state index contributed by atoms with van der Waals surface area (Å²) >= 11 is 0. The van der Waals surface area contributed by atoms with Gasteiger partial charge in [0.05, 0.1) is 17.4 Å². The van der Waals surface area contributed by atoms with Crippen LogP contribution >= 0.6 is 0 Å². The highest BCUT2D eigenvalue weighted by Gasteiger charge is 2.24. The number of pyridine rings is 1. The highest BCUT2D eigenvalue weighted by atomic mass is 16.2. The fraction of sp³-hybridized carbons (Fsp3) is 0.348. The minimum Gasteiger partial charge on any atom is -0.309 e. The van der Waals surface area contributed by atoms with Gasteiger partial charge in [0, 0.05) is 58.4 Å². The predicted octanol–water partition coefficient (Wildman–Crippen LogP) is 1.91. The number of carbonyl (C=O) groups excluding carboxylic acids is 1. The molecular weight excluding hydrogens is 390 g/mol. The third-order valence-electron chi connectivity index (χ3n) is 6.07. The van der Waals surface area contributed by atoms with E-state index in [-0.39, 0.29) is 11.9 Å². The Balaban J connectivity index is 1.24. The van der Waals surface area contributed by atoms with Gasteiger partial charge in [0.1, 0.15) is 0 Å².